The van der Waals surface area contributed by atoms with Crippen LogP contribution in [0.4, 0.5) is 0 Å². The van der Waals surface area contributed by atoms with Crippen LogP contribution in [0.3, 0.4) is 0 Å². The summed E-state index contributed by atoms with van der Waals surface area (Å²) in [6.45, 7) is 6.55. The molecule has 0 rings (SSSR count). The van der Waals surface area contributed by atoms with Gasteiger partial charge in [0, 0.05) is 19.3 Å². The largest absolute Gasteiger partial charge is 0.462 e. The smallest absolute Gasteiger partial charge is 0.306 e. The van der Waals surface area contributed by atoms with Gasteiger partial charge in [-0.05, 0) is 57.8 Å². The quantitative estimate of drug-likeness (QED) is 0.0261. The Kier molecular flexibility index (Phi) is 57.7. The molecule has 0 saturated heterocycles. The fourth-order valence-corrected chi connectivity index (χ4v) is 9.20. The second-order valence-corrected chi connectivity index (χ2v) is 21.0. The molecule has 0 fully saturated rings. The normalized spacial score (nSPS) is 12.3. The van der Waals surface area contributed by atoms with Crippen molar-refractivity contribution in [2.45, 2.75) is 335 Å². The zero-order valence-electron chi connectivity index (χ0n) is 47.5. The first kappa shape index (κ1) is 68.4. The molecular weight excluding hydrogens is 877 g/mol. The van der Waals surface area contributed by atoms with Crippen LogP contribution in [-0.2, 0) is 28.6 Å². The van der Waals surface area contributed by atoms with E-state index in [1.54, 1.807) is 0 Å². The van der Waals surface area contributed by atoms with Crippen molar-refractivity contribution in [1.29, 1.82) is 0 Å². The molecule has 0 N–H and O–H groups in total. The van der Waals surface area contributed by atoms with Crippen LogP contribution >= 0.6 is 0 Å². The van der Waals surface area contributed by atoms with Gasteiger partial charge in [0.15, 0.2) is 6.10 Å². The molecule has 0 aliphatic rings. The third kappa shape index (κ3) is 58.1. The summed E-state index contributed by atoms with van der Waals surface area (Å²) >= 11 is 0. The Bertz CT molecular complexity index is 1230. The zero-order valence-corrected chi connectivity index (χ0v) is 47.5. The van der Waals surface area contributed by atoms with E-state index in [2.05, 4.69) is 69.4 Å². The lowest BCUT2D eigenvalue weighted by atomic mass is 10.0. The molecular formula is C65H118O6. The van der Waals surface area contributed by atoms with Crippen molar-refractivity contribution in [2.75, 3.05) is 13.2 Å². The minimum absolute atomic E-state index is 0.0814. The summed E-state index contributed by atoms with van der Waals surface area (Å²) in [5, 5.41) is 0. The SMILES string of the molecule is CC/C=C\C/C=C\C/C=C\C/C=C\CCCCC(=O)OCC(COC(=O)CCCCCCCCCCCCCCCCCCCCCCCC)OC(=O)CCCCCCCCCCCCCCCCCC. The van der Waals surface area contributed by atoms with Crippen molar-refractivity contribution in [2.24, 2.45) is 0 Å². The zero-order chi connectivity index (χ0) is 51.4. The van der Waals surface area contributed by atoms with Crippen LogP contribution in [0.15, 0.2) is 48.6 Å². The van der Waals surface area contributed by atoms with E-state index in [0.717, 1.165) is 83.5 Å². The van der Waals surface area contributed by atoms with Gasteiger partial charge in [0.2, 0.25) is 0 Å². The first-order chi connectivity index (χ1) is 35.0. The molecule has 0 spiro atoms. The van der Waals surface area contributed by atoms with E-state index in [9.17, 15) is 14.4 Å². The Balaban J connectivity index is 4.32. The number of carbonyl (C=O) groups excluding carboxylic acids is 3. The van der Waals surface area contributed by atoms with Crippen LogP contribution in [0.5, 0.6) is 0 Å². The van der Waals surface area contributed by atoms with E-state index in [-0.39, 0.29) is 31.1 Å². The van der Waals surface area contributed by atoms with E-state index < -0.39 is 6.10 Å². The number of rotatable bonds is 57. The fraction of sp³-hybridized carbons (Fsp3) is 0.831. The summed E-state index contributed by atoms with van der Waals surface area (Å²) in [6.07, 6.45) is 74.1. The van der Waals surface area contributed by atoms with Crippen LogP contribution in [0, 0.1) is 0 Å². The van der Waals surface area contributed by atoms with Gasteiger partial charge in [0.25, 0.3) is 0 Å². The fourth-order valence-electron chi connectivity index (χ4n) is 9.20. The average molecular weight is 996 g/mol. The number of esters is 3. The molecule has 0 aromatic heterocycles. The topological polar surface area (TPSA) is 78.9 Å². The Morgan fingerprint density at radius 2 is 0.549 bits per heavy atom. The van der Waals surface area contributed by atoms with Crippen molar-refractivity contribution in [3.63, 3.8) is 0 Å². The molecule has 0 saturated carbocycles. The maximum atomic E-state index is 12.9. The lowest BCUT2D eigenvalue weighted by Gasteiger charge is -2.18. The van der Waals surface area contributed by atoms with Gasteiger partial charge in [0.1, 0.15) is 13.2 Å². The molecule has 71 heavy (non-hydrogen) atoms. The van der Waals surface area contributed by atoms with Crippen LogP contribution in [0.2, 0.25) is 0 Å². The van der Waals surface area contributed by atoms with E-state index in [1.807, 2.05) is 0 Å². The molecule has 0 aliphatic heterocycles. The van der Waals surface area contributed by atoms with Crippen molar-refractivity contribution < 1.29 is 28.6 Å². The summed E-state index contributed by atoms with van der Waals surface area (Å²) in [5.74, 6) is -0.903. The first-order valence-corrected chi connectivity index (χ1v) is 31.1. The number of carbonyl (C=O) groups is 3. The lowest BCUT2D eigenvalue weighted by Crippen LogP contribution is -2.30. The monoisotopic (exact) mass is 995 g/mol. The number of hydrogen-bond acceptors (Lipinski definition) is 6. The highest BCUT2D eigenvalue weighted by molar-refractivity contribution is 5.71. The highest BCUT2D eigenvalue weighted by Crippen LogP contribution is 2.18. The third-order valence-corrected chi connectivity index (χ3v) is 13.8. The molecule has 1 unspecified atom stereocenters. The summed E-state index contributed by atoms with van der Waals surface area (Å²) in [4.78, 5) is 38.2. The van der Waals surface area contributed by atoms with E-state index >= 15 is 0 Å². The summed E-state index contributed by atoms with van der Waals surface area (Å²) in [6, 6.07) is 0. The number of ether oxygens (including phenoxy) is 3. The maximum Gasteiger partial charge on any atom is 0.306 e. The summed E-state index contributed by atoms with van der Waals surface area (Å²) < 4.78 is 16.9. The van der Waals surface area contributed by atoms with E-state index in [0.29, 0.717) is 19.3 Å². The summed E-state index contributed by atoms with van der Waals surface area (Å²) in [7, 11) is 0. The number of unbranched alkanes of at least 4 members (excludes halogenated alkanes) is 38. The molecule has 0 aromatic rings. The highest BCUT2D eigenvalue weighted by atomic mass is 16.6. The standard InChI is InChI=1S/C65H118O6/c1-4-7-10-13-16-19-22-25-28-30-31-32-33-34-35-38-40-43-46-49-52-55-58-64(67)70-61-62(60-69-63(66)57-54-51-48-45-42-39-36-27-24-21-18-15-12-9-6-3)71-65(68)59-56-53-50-47-44-41-37-29-26-23-20-17-14-11-8-5-2/h9,12,18,21,27,36,42,45,62H,4-8,10-11,13-17,19-20,22-26,28-35,37-41,43-44,46-61H2,1-3H3/b12-9-,21-18-,36-27-,45-42-. The minimum Gasteiger partial charge on any atom is -0.462 e. The Morgan fingerprint density at radius 3 is 0.859 bits per heavy atom. The molecule has 0 heterocycles. The third-order valence-electron chi connectivity index (χ3n) is 13.8. The second kappa shape index (κ2) is 59.9. The van der Waals surface area contributed by atoms with Crippen molar-refractivity contribution in [3.8, 4) is 0 Å². The van der Waals surface area contributed by atoms with Gasteiger partial charge in [-0.25, -0.2) is 0 Å². The van der Waals surface area contributed by atoms with Gasteiger partial charge in [-0.15, -0.1) is 0 Å². The Hall–Kier alpha value is -2.63. The molecule has 6 heteroatoms. The van der Waals surface area contributed by atoms with Crippen molar-refractivity contribution >= 4 is 17.9 Å². The number of hydrogen-bond donors (Lipinski definition) is 0. The lowest BCUT2D eigenvalue weighted by molar-refractivity contribution is -0.167. The summed E-state index contributed by atoms with van der Waals surface area (Å²) in [5.41, 5.74) is 0. The van der Waals surface area contributed by atoms with Crippen LogP contribution in [-0.4, -0.2) is 37.2 Å². The predicted octanol–water partition coefficient (Wildman–Crippen LogP) is 21.0. The number of allylic oxidation sites excluding steroid dienone is 8. The molecule has 0 radical (unpaired) electrons. The Labute approximate surface area is 441 Å². The predicted molar refractivity (Wildman–Crippen MR) is 307 cm³/mol. The first-order valence-electron chi connectivity index (χ1n) is 31.1. The molecule has 6 nitrogen and oxygen atoms in total. The van der Waals surface area contributed by atoms with Gasteiger partial charge in [-0.2, -0.15) is 0 Å². The molecule has 1 atom stereocenters. The van der Waals surface area contributed by atoms with Gasteiger partial charge in [0.05, 0.1) is 0 Å². The molecule has 0 aromatic carbocycles. The van der Waals surface area contributed by atoms with Gasteiger partial charge in [-0.1, -0.05) is 301 Å². The maximum absolute atomic E-state index is 12.9. The average Bonchev–Trinajstić information content (AvgIpc) is 3.37. The minimum atomic E-state index is -0.787. The van der Waals surface area contributed by atoms with Crippen molar-refractivity contribution in [1.82, 2.24) is 0 Å². The molecule has 0 aliphatic carbocycles. The van der Waals surface area contributed by atoms with E-state index in [1.165, 1.54) is 205 Å². The van der Waals surface area contributed by atoms with Crippen LogP contribution in [0.25, 0.3) is 0 Å². The van der Waals surface area contributed by atoms with Gasteiger partial charge in [-0.3, -0.25) is 14.4 Å². The molecule has 0 amide bonds. The van der Waals surface area contributed by atoms with Gasteiger partial charge < -0.3 is 14.2 Å². The highest BCUT2D eigenvalue weighted by Gasteiger charge is 2.19. The van der Waals surface area contributed by atoms with E-state index in [4.69, 9.17) is 14.2 Å². The van der Waals surface area contributed by atoms with Crippen LogP contribution < -0.4 is 0 Å². The van der Waals surface area contributed by atoms with Gasteiger partial charge >= 0.3 is 17.9 Å². The molecule has 0 bridgehead atoms. The van der Waals surface area contributed by atoms with Crippen LogP contribution in [0.1, 0.15) is 329 Å². The molecule has 414 valence electrons. The van der Waals surface area contributed by atoms with Crippen molar-refractivity contribution in [3.05, 3.63) is 48.6 Å². The second-order valence-electron chi connectivity index (χ2n) is 21.0. The Morgan fingerprint density at radius 1 is 0.296 bits per heavy atom.